The van der Waals surface area contributed by atoms with Gasteiger partial charge in [0.1, 0.15) is 0 Å². The van der Waals surface area contributed by atoms with Gasteiger partial charge in [-0.25, -0.2) is 5.01 Å². The Morgan fingerprint density at radius 2 is 2.08 bits per heavy atom. The molecule has 3 heteroatoms. The predicted octanol–water partition coefficient (Wildman–Crippen LogP) is 2.04. The summed E-state index contributed by atoms with van der Waals surface area (Å²) in [6.07, 6.45) is 0. The van der Waals surface area contributed by atoms with E-state index in [2.05, 4.69) is 0 Å². The molecule has 0 fully saturated rings. The lowest BCUT2D eigenvalue weighted by Crippen LogP contribution is -2.29. The van der Waals surface area contributed by atoms with Crippen LogP contribution in [-0.4, -0.2) is 11.6 Å². The van der Waals surface area contributed by atoms with Crippen molar-refractivity contribution in [1.82, 2.24) is 5.01 Å². The first-order valence-electron chi connectivity index (χ1n) is 3.97. The highest BCUT2D eigenvalue weighted by Crippen LogP contribution is 2.15. The van der Waals surface area contributed by atoms with Crippen LogP contribution in [0.2, 0.25) is 5.02 Å². The van der Waals surface area contributed by atoms with Crippen LogP contribution in [0.25, 0.3) is 0 Å². The molecular formula is C9H13ClN2. The second-order valence-electron chi connectivity index (χ2n) is 2.65. The number of hydrazine groups is 1. The number of rotatable bonds is 3. The van der Waals surface area contributed by atoms with E-state index in [0.717, 1.165) is 17.1 Å². The maximum Gasteiger partial charge on any atom is 0.0451 e. The fraction of sp³-hybridized carbons (Fsp3) is 0.333. The van der Waals surface area contributed by atoms with Gasteiger partial charge in [0.2, 0.25) is 0 Å². The third kappa shape index (κ3) is 2.48. The minimum atomic E-state index is 0.705. The molecule has 0 amide bonds. The van der Waals surface area contributed by atoms with Gasteiger partial charge < -0.3 is 0 Å². The van der Waals surface area contributed by atoms with Crippen LogP contribution in [0.1, 0.15) is 12.5 Å². The quantitative estimate of drug-likeness (QED) is 0.576. The van der Waals surface area contributed by atoms with Gasteiger partial charge in [-0.05, 0) is 11.6 Å². The second kappa shape index (κ2) is 4.45. The third-order valence-corrected chi connectivity index (χ3v) is 2.11. The summed E-state index contributed by atoms with van der Waals surface area (Å²) in [6, 6.07) is 7.74. The van der Waals surface area contributed by atoms with E-state index in [1.807, 2.05) is 31.2 Å². The van der Waals surface area contributed by atoms with E-state index in [9.17, 15) is 0 Å². The number of nitrogens with zero attached hydrogens (tertiary/aromatic N) is 1. The van der Waals surface area contributed by atoms with Crippen molar-refractivity contribution in [2.24, 2.45) is 5.84 Å². The lowest BCUT2D eigenvalue weighted by Gasteiger charge is -2.13. The van der Waals surface area contributed by atoms with Crippen LogP contribution in [0.15, 0.2) is 24.3 Å². The molecule has 1 rings (SSSR count). The summed E-state index contributed by atoms with van der Waals surface area (Å²) in [5, 5.41) is 2.50. The van der Waals surface area contributed by atoms with Crippen molar-refractivity contribution in [3.05, 3.63) is 34.9 Å². The Bertz CT molecular complexity index is 250. The molecule has 0 aliphatic heterocycles. The summed E-state index contributed by atoms with van der Waals surface area (Å²) in [5.41, 5.74) is 1.07. The van der Waals surface area contributed by atoms with Gasteiger partial charge in [0.15, 0.2) is 0 Å². The molecular weight excluding hydrogens is 172 g/mol. The summed E-state index contributed by atoms with van der Waals surface area (Å²) >= 11 is 5.94. The van der Waals surface area contributed by atoms with Crippen LogP contribution < -0.4 is 5.84 Å². The van der Waals surface area contributed by atoms with E-state index < -0.39 is 0 Å². The van der Waals surface area contributed by atoms with Crippen LogP contribution in [0.4, 0.5) is 0 Å². The molecule has 0 heterocycles. The van der Waals surface area contributed by atoms with Crippen molar-refractivity contribution in [3.63, 3.8) is 0 Å². The maximum absolute atomic E-state index is 5.94. The number of nitrogens with two attached hydrogens (primary N) is 1. The Kier molecular flexibility index (Phi) is 3.53. The highest BCUT2D eigenvalue weighted by molar-refractivity contribution is 6.31. The van der Waals surface area contributed by atoms with Crippen LogP contribution >= 0.6 is 11.6 Å². The zero-order valence-electron chi connectivity index (χ0n) is 7.13. The fourth-order valence-corrected chi connectivity index (χ4v) is 1.15. The van der Waals surface area contributed by atoms with Gasteiger partial charge in [-0.1, -0.05) is 36.7 Å². The lowest BCUT2D eigenvalue weighted by atomic mass is 10.2. The van der Waals surface area contributed by atoms with Crippen molar-refractivity contribution in [1.29, 1.82) is 0 Å². The van der Waals surface area contributed by atoms with Crippen LogP contribution in [0.5, 0.6) is 0 Å². The normalized spacial score (nSPS) is 10.7. The van der Waals surface area contributed by atoms with Crippen LogP contribution in [0, 0.1) is 0 Å². The Morgan fingerprint density at radius 1 is 1.42 bits per heavy atom. The number of hydrogen-bond acceptors (Lipinski definition) is 2. The van der Waals surface area contributed by atoms with E-state index in [1.54, 1.807) is 5.01 Å². The van der Waals surface area contributed by atoms with E-state index in [1.165, 1.54) is 0 Å². The molecule has 1 aromatic rings. The molecule has 0 aliphatic carbocycles. The smallest absolute Gasteiger partial charge is 0.0451 e. The number of benzene rings is 1. The molecule has 0 radical (unpaired) electrons. The molecule has 0 saturated carbocycles. The van der Waals surface area contributed by atoms with Crippen molar-refractivity contribution >= 4 is 11.6 Å². The third-order valence-electron chi connectivity index (χ3n) is 1.74. The molecule has 12 heavy (non-hydrogen) atoms. The Labute approximate surface area is 77.9 Å². The average Bonchev–Trinajstić information content (AvgIpc) is 2.09. The Hall–Kier alpha value is -0.570. The minimum absolute atomic E-state index is 0.705. The Morgan fingerprint density at radius 3 is 2.67 bits per heavy atom. The average molecular weight is 185 g/mol. The van der Waals surface area contributed by atoms with Crippen LogP contribution in [0.3, 0.4) is 0 Å². The van der Waals surface area contributed by atoms with Gasteiger partial charge in [0.05, 0.1) is 0 Å². The topological polar surface area (TPSA) is 29.3 Å². The monoisotopic (exact) mass is 184 g/mol. The molecule has 0 atom stereocenters. The molecule has 1 aromatic carbocycles. The van der Waals surface area contributed by atoms with Gasteiger partial charge in [0, 0.05) is 18.1 Å². The zero-order valence-corrected chi connectivity index (χ0v) is 7.88. The first-order chi connectivity index (χ1) is 5.74. The molecule has 2 nitrogen and oxygen atoms in total. The van der Waals surface area contributed by atoms with E-state index in [0.29, 0.717) is 6.54 Å². The van der Waals surface area contributed by atoms with Crippen molar-refractivity contribution in [3.8, 4) is 0 Å². The van der Waals surface area contributed by atoms with E-state index >= 15 is 0 Å². The summed E-state index contributed by atoms with van der Waals surface area (Å²) < 4.78 is 0. The molecule has 0 unspecified atom stereocenters. The van der Waals surface area contributed by atoms with Gasteiger partial charge in [-0.3, -0.25) is 5.84 Å². The summed E-state index contributed by atoms with van der Waals surface area (Å²) in [4.78, 5) is 0. The van der Waals surface area contributed by atoms with E-state index in [4.69, 9.17) is 17.4 Å². The summed E-state index contributed by atoms with van der Waals surface area (Å²) in [5.74, 6) is 5.65. The van der Waals surface area contributed by atoms with Crippen molar-refractivity contribution < 1.29 is 0 Å². The lowest BCUT2D eigenvalue weighted by molar-refractivity contribution is 0.291. The highest BCUT2D eigenvalue weighted by Gasteiger charge is 2.01. The zero-order chi connectivity index (χ0) is 8.97. The van der Waals surface area contributed by atoms with Crippen molar-refractivity contribution in [2.45, 2.75) is 13.5 Å². The van der Waals surface area contributed by atoms with E-state index in [-0.39, 0.29) is 0 Å². The van der Waals surface area contributed by atoms with Gasteiger partial charge in [-0.2, -0.15) is 0 Å². The molecule has 2 N–H and O–H groups in total. The molecule has 0 spiro atoms. The number of hydrogen-bond donors (Lipinski definition) is 1. The molecule has 0 aliphatic rings. The molecule has 0 saturated heterocycles. The van der Waals surface area contributed by atoms with Gasteiger partial charge in [0.25, 0.3) is 0 Å². The standard InChI is InChI=1S/C9H13ClN2/c1-2-12(11)7-8-5-3-4-6-9(8)10/h3-6H,2,7,11H2,1H3. The molecule has 0 aromatic heterocycles. The van der Waals surface area contributed by atoms with Crippen LogP contribution in [-0.2, 0) is 6.54 Å². The SMILES string of the molecule is CCN(N)Cc1ccccc1Cl. The first-order valence-corrected chi connectivity index (χ1v) is 4.35. The van der Waals surface area contributed by atoms with Crippen molar-refractivity contribution in [2.75, 3.05) is 6.54 Å². The molecule has 0 bridgehead atoms. The minimum Gasteiger partial charge on any atom is -0.268 e. The van der Waals surface area contributed by atoms with Gasteiger partial charge >= 0.3 is 0 Å². The summed E-state index contributed by atoms with van der Waals surface area (Å²) in [7, 11) is 0. The predicted molar refractivity (Wildman–Crippen MR) is 51.7 cm³/mol. The Balaban J connectivity index is 2.69. The first kappa shape index (κ1) is 9.52. The van der Waals surface area contributed by atoms with Gasteiger partial charge in [-0.15, -0.1) is 0 Å². The fourth-order valence-electron chi connectivity index (χ4n) is 0.957. The largest absolute Gasteiger partial charge is 0.268 e. The number of halogens is 1. The molecule has 66 valence electrons. The highest BCUT2D eigenvalue weighted by atomic mass is 35.5. The second-order valence-corrected chi connectivity index (χ2v) is 3.06. The summed E-state index contributed by atoms with van der Waals surface area (Å²) in [6.45, 7) is 3.54. The maximum atomic E-state index is 5.94.